The molecule has 0 aromatic carbocycles. The molecule has 0 aliphatic rings. The normalized spacial score (nSPS) is 11.6. The van der Waals surface area contributed by atoms with Gasteiger partial charge in [0.15, 0.2) is 6.29 Å². The van der Waals surface area contributed by atoms with Crippen molar-refractivity contribution in [2.45, 2.75) is 26.4 Å². The monoisotopic (exact) mass is 225 g/mol. The molecule has 0 saturated carbocycles. The zero-order valence-electron chi connectivity index (χ0n) is 10.5. The highest BCUT2D eigenvalue weighted by Crippen LogP contribution is 2.21. The lowest BCUT2D eigenvalue weighted by Crippen LogP contribution is -2.37. The van der Waals surface area contributed by atoms with Crippen molar-refractivity contribution >= 4 is 12.1 Å². The quantitative estimate of drug-likeness (QED) is 0.768. The zero-order chi connectivity index (χ0) is 12.5. The maximum Gasteiger partial charge on any atom is 0.155 e. The van der Waals surface area contributed by atoms with Crippen molar-refractivity contribution in [2.75, 3.05) is 18.5 Å². The molecule has 0 spiro atoms. The molecule has 1 aromatic heterocycles. The molecule has 0 aliphatic heterocycles. The topological polar surface area (TPSA) is 58.4 Å². The SMILES string of the molecule is Cc1nn(C)c(N(C)CC(C)(C)O)c1C=O. The van der Waals surface area contributed by atoms with E-state index < -0.39 is 5.60 Å². The molecule has 1 aromatic rings. The summed E-state index contributed by atoms with van der Waals surface area (Å²) in [5, 5.41) is 13.9. The van der Waals surface area contributed by atoms with E-state index in [2.05, 4.69) is 5.10 Å². The number of carbonyl (C=O) groups is 1. The van der Waals surface area contributed by atoms with Crippen molar-refractivity contribution in [3.63, 3.8) is 0 Å². The summed E-state index contributed by atoms with van der Waals surface area (Å²) in [5.41, 5.74) is 0.469. The predicted octanol–water partition coefficient (Wildman–Crippen LogP) is 0.748. The van der Waals surface area contributed by atoms with Gasteiger partial charge in [0.2, 0.25) is 0 Å². The van der Waals surface area contributed by atoms with Gasteiger partial charge in [0.05, 0.1) is 16.9 Å². The molecule has 0 radical (unpaired) electrons. The second kappa shape index (κ2) is 4.25. The minimum atomic E-state index is -0.812. The van der Waals surface area contributed by atoms with Crippen LogP contribution in [-0.4, -0.2) is 40.4 Å². The fraction of sp³-hybridized carbons (Fsp3) is 0.636. The molecule has 0 fully saturated rings. The summed E-state index contributed by atoms with van der Waals surface area (Å²) in [5.74, 6) is 0.731. The predicted molar refractivity (Wildman–Crippen MR) is 62.9 cm³/mol. The minimum Gasteiger partial charge on any atom is -0.389 e. The van der Waals surface area contributed by atoms with Gasteiger partial charge in [-0.1, -0.05) is 0 Å². The molecule has 0 atom stereocenters. The van der Waals surface area contributed by atoms with E-state index in [1.165, 1.54) is 0 Å². The molecule has 0 aliphatic carbocycles. The van der Waals surface area contributed by atoms with Gasteiger partial charge in [0.1, 0.15) is 5.82 Å². The van der Waals surface area contributed by atoms with Crippen LogP contribution in [0.4, 0.5) is 5.82 Å². The molecule has 0 saturated heterocycles. The summed E-state index contributed by atoms with van der Waals surface area (Å²) in [6, 6.07) is 0. The van der Waals surface area contributed by atoms with Crippen LogP contribution in [0.2, 0.25) is 0 Å². The van der Waals surface area contributed by atoms with Gasteiger partial charge in [-0.05, 0) is 20.8 Å². The largest absolute Gasteiger partial charge is 0.389 e. The first-order chi connectivity index (χ1) is 7.26. The van der Waals surface area contributed by atoms with Crippen molar-refractivity contribution in [1.29, 1.82) is 0 Å². The standard InChI is InChI=1S/C11H19N3O2/c1-8-9(6-15)10(14(5)12-8)13(4)7-11(2,3)16/h6,16H,7H2,1-5H3. The number of rotatable bonds is 4. The zero-order valence-corrected chi connectivity index (χ0v) is 10.5. The van der Waals surface area contributed by atoms with Crippen molar-refractivity contribution in [1.82, 2.24) is 9.78 Å². The Hall–Kier alpha value is -1.36. The summed E-state index contributed by atoms with van der Waals surface area (Å²) >= 11 is 0. The van der Waals surface area contributed by atoms with Gasteiger partial charge in [-0.25, -0.2) is 0 Å². The Morgan fingerprint density at radius 2 is 2.12 bits per heavy atom. The van der Waals surface area contributed by atoms with Gasteiger partial charge < -0.3 is 10.0 Å². The Bertz CT molecular complexity index is 391. The lowest BCUT2D eigenvalue weighted by atomic mass is 10.1. The van der Waals surface area contributed by atoms with Gasteiger partial charge in [0.25, 0.3) is 0 Å². The third-order valence-corrected chi connectivity index (χ3v) is 2.34. The Labute approximate surface area is 95.7 Å². The van der Waals surface area contributed by atoms with Crippen LogP contribution in [0.1, 0.15) is 29.9 Å². The Balaban J connectivity index is 3.07. The molecule has 0 bridgehead atoms. The Kier molecular flexibility index (Phi) is 3.38. The van der Waals surface area contributed by atoms with E-state index in [-0.39, 0.29) is 0 Å². The second-order valence-electron chi connectivity index (χ2n) is 4.73. The third kappa shape index (κ3) is 2.61. The number of hydrogen-bond donors (Lipinski definition) is 1. The number of aryl methyl sites for hydroxylation is 2. The lowest BCUT2D eigenvalue weighted by molar-refractivity contribution is 0.0881. The molecule has 5 heteroatoms. The van der Waals surface area contributed by atoms with E-state index in [0.717, 1.165) is 12.1 Å². The van der Waals surface area contributed by atoms with E-state index in [4.69, 9.17) is 0 Å². The average Bonchev–Trinajstić information content (AvgIpc) is 2.37. The summed E-state index contributed by atoms with van der Waals surface area (Å²) in [6.45, 7) is 5.69. The summed E-state index contributed by atoms with van der Waals surface area (Å²) in [4.78, 5) is 12.8. The summed E-state index contributed by atoms with van der Waals surface area (Å²) < 4.78 is 1.66. The maximum absolute atomic E-state index is 11.0. The smallest absolute Gasteiger partial charge is 0.155 e. The molecule has 16 heavy (non-hydrogen) atoms. The van der Waals surface area contributed by atoms with E-state index in [0.29, 0.717) is 17.8 Å². The van der Waals surface area contributed by atoms with Crippen LogP contribution >= 0.6 is 0 Å². The first kappa shape index (κ1) is 12.7. The molecule has 90 valence electrons. The molecule has 0 amide bonds. The number of anilines is 1. The van der Waals surface area contributed by atoms with Crippen molar-refractivity contribution in [3.05, 3.63) is 11.3 Å². The van der Waals surface area contributed by atoms with E-state index >= 15 is 0 Å². The van der Waals surface area contributed by atoms with E-state index in [9.17, 15) is 9.90 Å². The minimum absolute atomic E-state index is 0.437. The second-order valence-corrected chi connectivity index (χ2v) is 4.73. The number of aromatic nitrogens is 2. The highest BCUT2D eigenvalue weighted by Gasteiger charge is 2.21. The molecule has 1 rings (SSSR count). The molecular weight excluding hydrogens is 206 g/mol. The highest BCUT2D eigenvalue weighted by molar-refractivity contribution is 5.84. The van der Waals surface area contributed by atoms with Gasteiger partial charge >= 0.3 is 0 Å². The van der Waals surface area contributed by atoms with Crippen LogP contribution in [-0.2, 0) is 7.05 Å². The van der Waals surface area contributed by atoms with E-state index in [1.807, 2.05) is 11.9 Å². The van der Waals surface area contributed by atoms with Crippen LogP contribution < -0.4 is 4.90 Å². The van der Waals surface area contributed by atoms with Crippen molar-refractivity contribution in [3.8, 4) is 0 Å². The van der Waals surface area contributed by atoms with Crippen molar-refractivity contribution in [2.24, 2.45) is 7.05 Å². The Morgan fingerprint density at radius 1 is 1.56 bits per heavy atom. The summed E-state index contributed by atoms with van der Waals surface area (Å²) in [7, 11) is 3.62. The molecule has 1 N–H and O–H groups in total. The maximum atomic E-state index is 11.0. The molecular formula is C11H19N3O2. The van der Waals surface area contributed by atoms with Crippen molar-refractivity contribution < 1.29 is 9.90 Å². The van der Waals surface area contributed by atoms with Crippen LogP contribution in [0.5, 0.6) is 0 Å². The first-order valence-corrected chi connectivity index (χ1v) is 5.18. The third-order valence-electron chi connectivity index (χ3n) is 2.34. The number of nitrogens with zero attached hydrogens (tertiary/aromatic N) is 3. The van der Waals surface area contributed by atoms with Crippen LogP contribution in [0.15, 0.2) is 0 Å². The molecule has 1 heterocycles. The Morgan fingerprint density at radius 3 is 2.56 bits per heavy atom. The first-order valence-electron chi connectivity index (χ1n) is 5.18. The van der Waals surface area contributed by atoms with E-state index in [1.54, 1.807) is 32.5 Å². The molecule has 5 nitrogen and oxygen atoms in total. The van der Waals surface area contributed by atoms with Gasteiger partial charge in [-0.3, -0.25) is 9.48 Å². The van der Waals surface area contributed by atoms with Crippen LogP contribution in [0.3, 0.4) is 0 Å². The number of hydrogen-bond acceptors (Lipinski definition) is 4. The fourth-order valence-corrected chi connectivity index (χ4v) is 1.91. The number of aldehydes is 1. The van der Waals surface area contributed by atoms with Gasteiger partial charge in [-0.2, -0.15) is 5.10 Å². The average molecular weight is 225 g/mol. The highest BCUT2D eigenvalue weighted by atomic mass is 16.3. The number of carbonyl (C=O) groups excluding carboxylic acids is 1. The number of aliphatic hydroxyl groups is 1. The van der Waals surface area contributed by atoms with Gasteiger partial charge in [0, 0.05) is 20.6 Å². The van der Waals surface area contributed by atoms with Gasteiger partial charge in [-0.15, -0.1) is 0 Å². The number of likely N-dealkylation sites (N-methyl/N-ethyl adjacent to an activating group) is 1. The fourth-order valence-electron chi connectivity index (χ4n) is 1.91. The lowest BCUT2D eigenvalue weighted by Gasteiger charge is -2.27. The van der Waals surface area contributed by atoms with Crippen LogP contribution in [0.25, 0.3) is 0 Å². The summed E-state index contributed by atoms with van der Waals surface area (Å²) in [6.07, 6.45) is 0.804. The molecule has 0 unspecified atom stereocenters. The van der Waals surface area contributed by atoms with Crippen LogP contribution in [0, 0.1) is 6.92 Å².